The van der Waals surface area contributed by atoms with Gasteiger partial charge < -0.3 is 11.1 Å². The van der Waals surface area contributed by atoms with Crippen LogP contribution >= 0.6 is 0 Å². The molecule has 104 valence electrons. The molecule has 1 aromatic rings. The minimum atomic E-state index is -0.671. The van der Waals surface area contributed by atoms with Gasteiger partial charge in [0.05, 0.1) is 5.54 Å². The third-order valence-electron chi connectivity index (χ3n) is 4.19. The Bertz CT molecular complexity index is 462. The summed E-state index contributed by atoms with van der Waals surface area (Å²) in [5, 5.41) is 2.99. The standard InChI is InChI=1S/C16H24N2O/c1-3-13-11-14(8-7-12(13)2)18-15(19)16(17)9-5-4-6-10-16/h7-8,11H,3-6,9-10,17H2,1-2H3,(H,18,19). The summed E-state index contributed by atoms with van der Waals surface area (Å²) in [6.45, 7) is 4.22. The summed E-state index contributed by atoms with van der Waals surface area (Å²) in [6, 6.07) is 6.07. The molecule has 3 nitrogen and oxygen atoms in total. The quantitative estimate of drug-likeness (QED) is 0.877. The van der Waals surface area contributed by atoms with Crippen molar-refractivity contribution in [2.75, 3.05) is 5.32 Å². The zero-order chi connectivity index (χ0) is 13.9. The van der Waals surface area contributed by atoms with E-state index in [1.54, 1.807) is 0 Å². The first-order chi connectivity index (χ1) is 9.05. The van der Waals surface area contributed by atoms with E-state index in [1.807, 2.05) is 6.07 Å². The maximum atomic E-state index is 12.3. The number of nitrogens with two attached hydrogens (primary N) is 1. The molecule has 1 fully saturated rings. The van der Waals surface area contributed by atoms with E-state index in [-0.39, 0.29) is 5.91 Å². The second-order valence-electron chi connectivity index (χ2n) is 5.67. The molecule has 1 saturated carbocycles. The molecule has 0 saturated heterocycles. The number of amides is 1. The molecule has 0 heterocycles. The highest BCUT2D eigenvalue weighted by molar-refractivity contribution is 5.98. The Labute approximate surface area is 115 Å². The molecule has 1 amide bonds. The molecule has 0 aliphatic heterocycles. The highest BCUT2D eigenvalue weighted by atomic mass is 16.2. The van der Waals surface area contributed by atoms with Crippen molar-refractivity contribution in [3.05, 3.63) is 29.3 Å². The van der Waals surface area contributed by atoms with E-state index in [9.17, 15) is 4.79 Å². The van der Waals surface area contributed by atoms with Gasteiger partial charge in [-0.2, -0.15) is 0 Å². The molecule has 0 atom stereocenters. The average Bonchev–Trinajstić information content (AvgIpc) is 2.41. The first kappa shape index (κ1) is 14.1. The van der Waals surface area contributed by atoms with Crippen LogP contribution < -0.4 is 11.1 Å². The Hall–Kier alpha value is -1.35. The number of carbonyl (C=O) groups is 1. The van der Waals surface area contributed by atoms with E-state index in [2.05, 4.69) is 31.3 Å². The Kier molecular flexibility index (Phi) is 4.25. The fourth-order valence-electron chi connectivity index (χ4n) is 2.80. The summed E-state index contributed by atoms with van der Waals surface area (Å²) in [5.74, 6) is -0.0295. The van der Waals surface area contributed by atoms with Crippen LogP contribution in [0.4, 0.5) is 5.69 Å². The third kappa shape index (κ3) is 3.16. The Morgan fingerprint density at radius 3 is 2.63 bits per heavy atom. The van der Waals surface area contributed by atoms with Crippen molar-refractivity contribution in [2.24, 2.45) is 5.73 Å². The molecule has 0 aromatic heterocycles. The van der Waals surface area contributed by atoms with Gasteiger partial charge in [-0.25, -0.2) is 0 Å². The number of benzene rings is 1. The number of rotatable bonds is 3. The lowest BCUT2D eigenvalue weighted by Crippen LogP contribution is -2.52. The molecule has 1 aromatic carbocycles. The molecule has 19 heavy (non-hydrogen) atoms. The van der Waals surface area contributed by atoms with Crippen LogP contribution in [0.3, 0.4) is 0 Å². The molecule has 0 unspecified atom stereocenters. The zero-order valence-electron chi connectivity index (χ0n) is 12.0. The predicted octanol–water partition coefficient (Wildman–Crippen LogP) is 3.16. The van der Waals surface area contributed by atoms with Crippen molar-refractivity contribution in [3.8, 4) is 0 Å². The van der Waals surface area contributed by atoms with Crippen LogP contribution in [-0.4, -0.2) is 11.4 Å². The van der Waals surface area contributed by atoms with E-state index >= 15 is 0 Å². The highest BCUT2D eigenvalue weighted by Crippen LogP contribution is 2.27. The van der Waals surface area contributed by atoms with Crippen LogP contribution in [0.2, 0.25) is 0 Å². The summed E-state index contributed by atoms with van der Waals surface area (Å²) in [5.41, 5.74) is 8.97. The number of anilines is 1. The largest absolute Gasteiger partial charge is 0.324 e. The normalized spacial score (nSPS) is 18.1. The van der Waals surface area contributed by atoms with Gasteiger partial charge in [-0.3, -0.25) is 4.79 Å². The molecule has 0 bridgehead atoms. The van der Waals surface area contributed by atoms with Gasteiger partial charge in [-0.15, -0.1) is 0 Å². The van der Waals surface area contributed by atoms with Crippen LogP contribution in [-0.2, 0) is 11.2 Å². The SMILES string of the molecule is CCc1cc(NC(=O)C2(N)CCCCC2)ccc1C. The summed E-state index contributed by atoms with van der Waals surface area (Å²) in [6.07, 6.45) is 5.87. The molecular formula is C16H24N2O. The summed E-state index contributed by atoms with van der Waals surface area (Å²) in [7, 11) is 0. The van der Waals surface area contributed by atoms with Crippen LogP contribution in [0.5, 0.6) is 0 Å². The monoisotopic (exact) mass is 260 g/mol. The molecular weight excluding hydrogens is 236 g/mol. The first-order valence-electron chi connectivity index (χ1n) is 7.25. The second-order valence-corrected chi connectivity index (χ2v) is 5.67. The van der Waals surface area contributed by atoms with Gasteiger partial charge in [0.15, 0.2) is 0 Å². The number of nitrogens with one attached hydrogen (secondary N) is 1. The molecule has 2 rings (SSSR count). The van der Waals surface area contributed by atoms with Gasteiger partial charge in [0, 0.05) is 5.69 Å². The number of carbonyl (C=O) groups excluding carboxylic acids is 1. The summed E-state index contributed by atoms with van der Waals surface area (Å²) in [4.78, 5) is 12.3. The fourth-order valence-corrected chi connectivity index (χ4v) is 2.80. The zero-order valence-corrected chi connectivity index (χ0v) is 12.0. The number of hydrogen-bond donors (Lipinski definition) is 2. The smallest absolute Gasteiger partial charge is 0.244 e. The third-order valence-corrected chi connectivity index (χ3v) is 4.19. The van der Waals surface area contributed by atoms with Gasteiger partial charge in [0.25, 0.3) is 0 Å². The van der Waals surface area contributed by atoms with Crippen LogP contribution in [0, 0.1) is 6.92 Å². The van der Waals surface area contributed by atoms with Gasteiger partial charge in [-0.1, -0.05) is 32.3 Å². The Morgan fingerprint density at radius 2 is 2.00 bits per heavy atom. The molecule has 1 aliphatic carbocycles. The topological polar surface area (TPSA) is 55.1 Å². The van der Waals surface area contributed by atoms with Crippen molar-refractivity contribution in [1.82, 2.24) is 0 Å². The van der Waals surface area contributed by atoms with E-state index in [4.69, 9.17) is 5.73 Å². The van der Waals surface area contributed by atoms with Crippen molar-refractivity contribution in [2.45, 2.75) is 57.9 Å². The number of hydrogen-bond acceptors (Lipinski definition) is 2. The number of aryl methyl sites for hydroxylation is 2. The van der Waals surface area contributed by atoms with Crippen molar-refractivity contribution in [1.29, 1.82) is 0 Å². The lowest BCUT2D eigenvalue weighted by molar-refractivity contribution is -0.122. The molecule has 3 N–H and O–H groups in total. The van der Waals surface area contributed by atoms with E-state index in [1.165, 1.54) is 17.5 Å². The Morgan fingerprint density at radius 1 is 1.32 bits per heavy atom. The fraction of sp³-hybridized carbons (Fsp3) is 0.562. The molecule has 1 aliphatic rings. The molecule has 3 heteroatoms. The maximum Gasteiger partial charge on any atom is 0.244 e. The average molecular weight is 260 g/mol. The van der Waals surface area contributed by atoms with Gasteiger partial charge in [-0.05, 0) is 49.4 Å². The van der Waals surface area contributed by atoms with Crippen molar-refractivity contribution in [3.63, 3.8) is 0 Å². The van der Waals surface area contributed by atoms with Gasteiger partial charge in [0.2, 0.25) is 5.91 Å². The Balaban J connectivity index is 2.10. The maximum absolute atomic E-state index is 12.3. The highest BCUT2D eigenvalue weighted by Gasteiger charge is 2.35. The van der Waals surface area contributed by atoms with E-state index in [0.29, 0.717) is 0 Å². The van der Waals surface area contributed by atoms with Gasteiger partial charge >= 0.3 is 0 Å². The molecule has 0 radical (unpaired) electrons. The first-order valence-corrected chi connectivity index (χ1v) is 7.25. The second kappa shape index (κ2) is 5.74. The van der Waals surface area contributed by atoms with E-state index in [0.717, 1.165) is 37.8 Å². The van der Waals surface area contributed by atoms with Gasteiger partial charge in [0.1, 0.15) is 0 Å². The predicted molar refractivity (Wildman–Crippen MR) is 79.2 cm³/mol. The van der Waals surface area contributed by atoms with Crippen molar-refractivity contribution >= 4 is 11.6 Å². The van der Waals surface area contributed by atoms with Crippen LogP contribution in [0.1, 0.15) is 50.2 Å². The lowest BCUT2D eigenvalue weighted by Gasteiger charge is -2.31. The van der Waals surface area contributed by atoms with E-state index < -0.39 is 5.54 Å². The minimum Gasteiger partial charge on any atom is -0.324 e. The molecule has 0 spiro atoms. The minimum absolute atomic E-state index is 0.0295. The van der Waals surface area contributed by atoms with Crippen molar-refractivity contribution < 1.29 is 4.79 Å². The summed E-state index contributed by atoms with van der Waals surface area (Å²) < 4.78 is 0. The van der Waals surface area contributed by atoms with Crippen LogP contribution in [0.15, 0.2) is 18.2 Å². The van der Waals surface area contributed by atoms with Crippen LogP contribution in [0.25, 0.3) is 0 Å². The lowest BCUT2D eigenvalue weighted by atomic mass is 9.82. The summed E-state index contributed by atoms with van der Waals surface area (Å²) >= 11 is 0.